The van der Waals surface area contributed by atoms with Crippen molar-refractivity contribution in [3.05, 3.63) is 42.0 Å². The molecule has 0 atom stereocenters. The van der Waals surface area contributed by atoms with Crippen LogP contribution in [0.3, 0.4) is 0 Å². The van der Waals surface area contributed by atoms with E-state index in [1.54, 1.807) is 0 Å². The maximum Gasteiger partial charge on any atom is 0.416 e. The molecule has 188 valence electrons. The Kier molecular flexibility index (Phi) is 10.8. The molecule has 0 heterocycles. The van der Waals surface area contributed by atoms with E-state index in [1.165, 1.54) is 11.4 Å². The number of rotatable bonds is 12. The Labute approximate surface area is 195 Å². The van der Waals surface area contributed by atoms with Gasteiger partial charge in [0.2, 0.25) is 10.0 Å². The summed E-state index contributed by atoms with van der Waals surface area (Å²) in [6.07, 6.45) is 3.19. The van der Waals surface area contributed by atoms with Gasteiger partial charge in [-0.15, -0.1) is 0 Å². The number of aliphatic hydroxyl groups excluding tert-OH is 1. The second kappa shape index (κ2) is 12.9. The number of aliphatic hydroxyl groups is 1. The van der Waals surface area contributed by atoms with E-state index in [2.05, 4.69) is 0 Å². The fourth-order valence-corrected chi connectivity index (χ4v) is 5.17. The van der Waals surface area contributed by atoms with Gasteiger partial charge in [0.05, 0.1) is 23.7 Å². The molecule has 0 aliphatic heterocycles. The molecule has 0 spiro atoms. The van der Waals surface area contributed by atoms with Crippen molar-refractivity contribution in [3.63, 3.8) is 0 Å². The molecule has 0 unspecified atom stereocenters. The van der Waals surface area contributed by atoms with Gasteiger partial charge >= 0.3 is 6.18 Å². The van der Waals surface area contributed by atoms with Crippen molar-refractivity contribution in [2.24, 2.45) is 11.8 Å². The lowest BCUT2D eigenvalue weighted by molar-refractivity contribution is -0.137. The quantitative estimate of drug-likeness (QED) is 0.357. The highest BCUT2D eigenvalue weighted by Crippen LogP contribution is 2.32. The Morgan fingerprint density at radius 3 is 2.24 bits per heavy atom. The number of hydrogen-bond donors (Lipinski definition) is 1. The van der Waals surface area contributed by atoms with Crippen LogP contribution in [0.5, 0.6) is 0 Å². The number of alkyl halides is 3. The number of nitrogens with zero attached hydrogens (tertiary/aromatic N) is 2. The van der Waals surface area contributed by atoms with Crippen molar-refractivity contribution in [2.75, 3.05) is 53.6 Å². The molecule has 0 amide bonds. The summed E-state index contributed by atoms with van der Waals surface area (Å²) in [5.74, 6) is 0.668. The Bertz CT molecular complexity index is 836. The van der Waals surface area contributed by atoms with Gasteiger partial charge in [0.25, 0.3) is 0 Å². The zero-order valence-corrected chi connectivity index (χ0v) is 20.1. The summed E-state index contributed by atoms with van der Waals surface area (Å²) in [6, 6.07) is 3.63. The van der Waals surface area contributed by atoms with Crippen LogP contribution < -0.4 is 0 Å². The fourth-order valence-electron chi connectivity index (χ4n) is 3.93. The zero-order chi connectivity index (χ0) is 24.5. The van der Waals surface area contributed by atoms with Gasteiger partial charge in [-0.1, -0.05) is 12.2 Å². The molecular formula is C23H35F3N2O4S. The lowest BCUT2D eigenvalue weighted by Crippen LogP contribution is -2.34. The van der Waals surface area contributed by atoms with Crippen LogP contribution in [-0.2, 0) is 20.9 Å². The summed E-state index contributed by atoms with van der Waals surface area (Å²) in [5, 5.41) is 8.86. The summed E-state index contributed by atoms with van der Waals surface area (Å²) in [7, 11) is -0.416. The minimum absolute atomic E-state index is 0.129. The minimum atomic E-state index is -4.50. The van der Waals surface area contributed by atoms with Crippen LogP contribution in [-0.4, -0.2) is 76.3 Å². The average Bonchev–Trinajstić information content (AvgIpc) is 2.77. The number of halogens is 3. The molecule has 1 aromatic rings. The predicted octanol–water partition coefficient (Wildman–Crippen LogP) is 3.63. The Balaban J connectivity index is 1.73. The summed E-state index contributed by atoms with van der Waals surface area (Å²) < 4.78 is 70.6. The first kappa shape index (κ1) is 27.8. The lowest BCUT2D eigenvalue weighted by Gasteiger charge is -2.30. The predicted molar refractivity (Wildman–Crippen MR) is 121 cm³/mol. The molecule has 2 rings (SSSR count). The van der Waals surface area contributed by atoms with Crippen molar-refractivity contribution in [1.29, 1.82) is 0 Å². The standard InChI is InChI=1S/C23H35F3N2O4S/c1-27(14-15-29)13-3-4-16-32-18-20-7-5-19(6-8-20)17-28(2)33(30,31)22-11-9-21(10-12-22)23(24,25)26/h3-4,9-12,19-20,29H,5-8,13-18H2,1-2H3/b4-3+/t19-,20-. The maximum absolute atomic E-state index is 12.7. The van der Waals surface area contributed by atoms with Gasteiger partial charge in [-0.25, -0.2) is 12.7 Å². The Morgan fingerprint density at radius 1 is 1.06 bits per heavy atom. The number of likely N-dealkylation sites (N-methyl/N-ethyl adjacent to an activating group) is 1. The number of benzene rings is 1. The number of hydrogen-bond acceptors (Lipinski definition) is 5. The van der Waals surface area contributed by atoms with E-state index in [1.807, 2.05) is 24.1 Å². The van der Waals surface area contributed by atoms with Crippen molar-refractivity contribution in [3.8, 4) is 0 Å². The largest absolute Gasteiger partial charge is 0.416 e. The molecule has 0 radical (unpaired) electrons. The molecule has 33 heavy (non-hydrogen) atoms. The Morgan fingerprint density at radius 2 is 1.67 bits per heavy atom. The molecule has 1 aliphatic carbocycles. The average molecular weight is 493 g/mol. The van der Waals surface area contributed by atoms with Crippen LogP contribution in [0.1, 0.15) is 31.2 Å². The monoisotopic (exact) mass is 492 g/mol. The highest BCUT2D eigenvalue weighted by atomic mass is 32.2. The first-order valence-corrected chi connectivity index (χ1v) is 12.6. The van der Waals surface area contributed by atoms with E-state index in [4.69, 9.17) is 9.84 Å². The minimum Gasteiger partial charge on any atom is -0.395 e. The summed E-state index contributed by atoms with van der Waals surface area (Å²) in [4.78, 5) is 1.88. The first-order valence-electron chi connectivity index (χ1n) is 11.2. The topological polar surface area (TPSA) is 70.1 Å². The van der Waals surface area contributed by atoms with E-state index in [0.29, 0.717) is 32.2 Å². The highest BCUT2D eigenvalue weighted by molar-refractivity contribution is 7.89. The molecule has 10 heteroatoms. The third kappa shape index (κ3) is 9.01. The third-order valence-electron chi connectivity index (χ3n) is 6.00. The second-order valence-electron chi connectivity index (χ2n) is 8.69. The molecule has 6 nitrogen and oxygen atoms in total. The van der Waals surface area contributed by atoms with E-state index in [9.17, 15) is 21.6 Å². The normalized spacial score (nSPS) is 20.2. The molecule has 0 aromatic heterocycles. The second-order valence-corrected chi connectivity index (χ2v) is 10.7. The molecule has 0 saturated heterocycles. The van der Waals surface area contributed by atoms with Gasteiger partial charge in [0.15, 0.2) is 0 Å². The van der Waals surface area contributed by atoms with Crippen LogP contribution in [0, 0.1) is 11.8 Å². The van der Waals surface area contributed by atoms with E-state index < -0.39 is 21.8 Å². The van der Waals surface area contributed by atoms with Gasteiger partial charge in [0, 0.05) is 33.3 Å². The van der Waals surface area contributed by atoms with Crippen LogP contribution in [0.4, 0.5) is 13.2 Å². The molecule has 1 fully saturated rings. The van der Waals surface area contributed by atoms with Gasteiger partial charge in [0.1, 0.15) is 0 Å². The van der Waals surface area contributed by atoms with Crippen LogP contribution >= 0.6 is 0 Å². The van der Waals surface area contributed by atoms with Crippen molar-refractivity contribution >= 4 is 10.0 Å². The molecule has 1 aromatic carbocycles. The molecular weight excluding hydrogens is 457 g/mol. The van der Waals surface area contributed by atoms with E-state index >= 15 is 0 Å². The first-order chi connectivity index (χ1) is 15.5. The number of sulfonamides is 1. The highest BCUT2D eigenvalue weighted by Gasteiger charge is 2.32. The SMILES string of the molecule is CN(C/C=C/COC[C@H]1CC[C@H](CN(C)S(=O)(=O)c2ccc(C(F)(F)F)cc2)CC1)CCO. The molecule has 0 bridgehead atoms. The summed E-state index contributed by atoms with van der Waals surface area (Å²) in [6.45, 7) is 3.10. The molecule has 1 aliphatic rings. The van der Waals surface area contributed by atoms with Crippen molar-refractivity contribution in [2.45, 2.75) is 36.8 Å². The Hall–Kier alpha value is -1.46. The van der Waals surface area contributed by atoms with Crippen LogP contribution in [0.2, 0.25) is 0 Å². The van der Waals surface area contributed by atoms with Gasteiger partial charge in [-0.3, -0.25) is 0 Å². The zero-order valence-electron chi connectivity index (χ0n) is 19.3. The molecule has 1 saturated carbocycles. The summed E-state index contributed by atoms with van der Waals surface area (Å²) >= 11 is 0. The van der Waals surface area contributed by atoms with E-state index in [-0.39, 0.29) is 17.4 Å². The van der Waals surface area contributed by atoms with Crippen molar-refractivity contribution < 1.29 is 31.4 Å². The maximum atomic E-state index is 12.7. The smallest absolute Gasteiger partial charge is 0.395 e. The van der Waals surface area contributed by atoms with Crippen LogP contribution in [0.25, 0.3) is 0 Å². The van der Waals surface area contributed by atoms with Gasteiger partial charge in [-0.2, -0.15) is 13.2 Å². The lowest BCUT2D eigenvalue weighted by atomic mass is 9.82. The third-order valence-corrected chi connectivity index (χ3v) is 7.84. The van der Waals surface area contributed by atoms with Gasteiger partial charge in [-0.05, 0) is 68.8 Å². The van der Waals surface area contributed by atoms with Gasteiger partial charge < -0.3 is 14.7 Å². The molecule has 1 N–H and O–H groups in total. The number of ether oxygens (including phenoxy) is 1. The van der Waals surface area contributed by atoms with Crippen LogP contribution in [0.15, 0.2) is 41.3 Å². The van der Waals surface area contributed by atoms with E-state index in [0.717, 1.165) is 56.5 Å². The summed E-state index contributed by atoms with van der Waals surface area (Å²) in [5.41, 5.74) is -0.867. The van der Waals surface area contributed by atoms with Crippen molar-refractivity contribution in [1.82, 2.24) is 9.21 Å². The fraction of sp³-hybridized carbons (Fsp3) is 0.652.